The second kappa shape index (κ2) is 3.23. The van der Waals surface area contributed by atoms with Crippen LogP contribution in [0.2, 0.25) is 5.02 Å². The molecule has 1 aromatic carbocycles. The third-order valence-corrected chi connectivity index (χ3v) is 2.20. The van der Waals surface area contributed by atoms with Crippen molar-refractivity contribution in [3.63, 3.8) is 0 Å². The molecule has 3 heteroatoms. The molecule has 0 fully saturated rings. The number of hydrogen-bond acceptors (Lipinski definition) is 2. The SMILES string of the molecule is Cc1cc(N(C)C)c(N)cc1Cl. The summed E-state index contributed by atoms with van der Waals surface area (Å²) in [5.41, 5.74) is 8.54. The maximum absolute atomic E-state index is 5.89. The zero-order valence-electron chi connectivity index (χ0n) is 7.56. The van der Waals surface area contributed by atoms with Crippen molar-refractivity contribution < 1.29 is 0 Å². The van der Waals surface area contributed by atoms with Gasteiger partial charge in [-0.2, -0.15) is 0 Å². The summed E-state index contributed by atoms with van der Waals surface area (Å²) in [6.07, 6.45) is 0. The molecule has 0 spiro atoms. The molecule has 1 rings (SSSR count). The molecule has 1 aromatic rings. The number of nitrogens with zero attached hydrogens (tertiary/aromatic N) is 1. The zero-order chi connectivity index (χ0) is 9.30. The van der Waals surface area contributed by atoms with Crippen LogP contribution >= 0.6 is 11.6 Å². The van der Waals surface area contributed by atoms with Crippen molar-refractivity contribution in [1.82, 2.24) is 0 Å². The highest BCUT2D eigenvalue weighted by molar-refractivity contribution is 6.31. The third-order valence-electron chi connectivity index (χ3n) is 1.79. The van der Waals surface area contributed by atoms with E-state index in [9.17, 15) is 0 Å². The van der Waals surface area contributed by atoms with Gasteiger partial charge in [-0.1, -0.05) is 11.6 Å². The molecule has 0 heterocycles. The van der Waals surface area contributed by atoms with Crippen LogP contribution in [0, 0.1) is 6.92 Å². The highest BCUT2D eigenvalue weighted by Gasteiger charge is 2.04. The molecule has 0 aliphatic rings. The van der Waals surface area contributed by atoms with Gasteiger partial charge < -0.3 is 10.6 Å². The van der Waals surface area contributed by atoms with Gasteiger partial charge >= 0.3 is 0 Å². The first-order valence-electron chi connectivity index (χ1n) is 3.75. The van der Waals surface area contributed by atoms with Crippen molar-refractivity contribution in [2.45, 2.75) is 6.92 Å². The van der Waals surface area contributed by atoms with Gasteiger partial charge in [0.25, 0.3) is 0 Å². The first kappa shape index (κ1) is 9.20. The average Bonchev–Trinajstić information content (AvgIpc) is 1.96. The summed E-state index contributed by atoms with van der Waals surface area (Å²) < 4.78 is 0. The number of aryl methyl sites for hydroxylation is 1. The van der Waals surface area contributed by atoms with Gasteiger partial charge in [0.1, 0.15) is 0 Å². The summed E-state index contributed by atoms with van der Waals surface area (Å²) in [7, 11) is 3.91. The summed E-state index contributed by atoms with van der Waals surface area (Å²) in [5, 5.41) is 0.720. The molecule has 0 bridgehead atoms. The predicted octanol–water partition coefficient (Wildman–Crippen LogP) is 2.30. The molecule has 0 saturated carbocycles. The van der Waals surface area contributed by atoms with E-state index >= 15 is 0 Å². The Balaban J connectivity index is 3.23. The van der Waals surface area contributed by atoms with Crippen LogP contribution in [0.25, 0.3) is 0 Å². The standard InChI is InChI=1S/C9H13ClN2/c1-6-4-9(12(2)3)8(11)5-7(6)10/h4-5H,11H2,1-3H3. The molecule has 0 aliphatic heterocycles. The van der Waals surface area contributed by atoms with Gasteiger partial charge in [0.2, 0.25) is 0 Å². The minimum Gasteiger partial charge on any atom is -0.397 e. The van der Waals surface area contributed by atoms with Crippen molar-refractivity contribution in [1.29, 1.82) is 0 Å². The van der Waals surface area contributed by atoms with Crippen LogP contribution < -0.4 is 10.6 Å². The molecule has 0 aromatic heterocycles. The number of nitrogens with two attached hydrogens (primary N) is 1. The Labute approximate surface area is 77.9 Å². The molecule has 2 N–H and O–H groups in total. The van der Waals surface area contributed by atoms with E-state index in [1.165, 1.54) is 0 Å². The Hall–Kier alpha value is -0.890. The van der Waals surface area contributed by atoms with Crippen LogP contribution in [-0.2, 0) is 0 Å². The van der Waals surface area contributed by atoms with Gasteiger partial charge in [-0.15, -0.1) is 0 Å². The van der Waals surface area contributed by atoms with Crippen LogP contribution in [0.1, 0.15) is 5.56 Å². The number of hydrogen-bond donors (Lipinski definition) is 1. The fourth-order valence-corrected chi connectivity index (χ4v) is 1.24. The summed E-state index contributed by atoms with van der Waals surface area (Å²) in [6.45, 7) is 1.97. The van der Waals surface area contributed by atoms with Gasteiger partial charge in [-0.3, -0.25) is 0 Å². The van der Waals surface area contributed by atoms with Gasteiger partial charge in [-0.05, 0) is 24.6 Å². The molecule has 0 unspecified atom stereocenters. The van der Waals surface area contributed by atoms with Gasteiger partial charge in [0, 0.05) is 19.1 Å². The zero-order valence-corrected chi connectivity index (χ0v) is 8.31. The lowest BCUT2D eigenvalue weighted by molar-refractivity contribution is 1.13. The lowest BCUT2D eigenvalue weighted by Gasteiger charge is -2.16. The molecule has 0 atom stereocenters. The minimum atomic E-state index is 0.718. The summed E-state index contributed by atoms with van der Waals surface area (Å²) in [5.74, 6) is 0. The monoisotopic (exact) mass is 184 g/mol. The van der Waals surface area contributed by atoms with E-state index in [-0.39, 0.29) is 0 Å². The van der Waals surface area contributed by atoms with Crippen molar-refractivity contribution in [3.05, 3.63) is 22.7 Å². The Morgan fingerprint density at radius 2 is 1.92 bits per heavy atom. The molecule has 0 radical (unpaired) electrons. The van der Waals surface area contributed by atoms with E-state index in [0.717, 1.165) is 22.0 Å². The molecule has 2 nitrogen and oxygen atoms in total. The number of rotatable bonds is 1. The Morgan fingerprint density at radius 3 is 2.42 bits per heavy atom. The van der Waals surface area contributed by atoms with Crippen LogP contribution in [0.4, 0.5) is 11.4 Å². The van der Waals surface area contributed by atoms with E-state index in [2.05, 4.69) is 0 Å². The summed E-state index contributed by atoms with van der Waals surface area (Å²) in [4.78, 5) is 1.97. The van der Waals surface area contributed by atoms with E-state index in [1.807, 2.05) is 32.0 Å². The van der Waals surface area contributed by atoms with E-state index < -0.39 is 0 Å². The molecule has 0 amide bonds. The predicted molar refractivity (Wildman–Crippen MR) is 54.9 cm³/mol. The number of halogens is 1. The van der Waals surface area contributed by atoms with Gasteiger partial charge in [0.15, 0.2) is 0 Å². The highest BCUT2D eigenvalue weighted by atomic mass is 35.5. The normalized spacial score (nSPS) is 10.0. The molecular formula is C9H13ClN2. The molecule has 0 aliphatic carbocycles. The van der Waals surface area contributed by atoms with E-state index in [4.69, 9.17) is 17.3 Å². The van der Waals surface area contributed by atoms with Crippen LogP contribution in [-0.4, -0.2) is 14.1 Å². The lowest BCUT2D eigenvalue weighted by Crippen LogP contribution is -2.11. The first-order valence-corrected chi connectivity index (χ1v) is 4.13. The number of benzene rings is 1. The first-order chi connectivity index (χ1) is 5.52. The largest absolute Gasteiger partial charge is 0.397 e. The second-order valence-electron chi connectivity index (χ2n) is 3.05. The maximum Gasteiger partial charge on any atom is 0.0598 e. The van der Waals surface area contributed by atoms with Crippen LogP contribution in [0.3, 0.4) is 0 Å². The van der Waals surface area contributed by atoms with Gasteiger partial charge in [-0.25, -0.2) is 0 Å². The fourth-order valence-electron chi connectivity index (χ4n) is 1.07. The maximum atomic E-state index is 5.89. The molecular weight excluding hydrogens is 172 g/mol. The van der Waals surface area contributed by atoms with Crippen molar-refractivity contribution in [2.24, 2.45) is 0 Å². The number of nitrogen functional groups attached to an aromatic ring is 1. The topological polar surface area (TPSA) is 29.3 Å². The summed E-state index contributed by atoms with van der Waals surface area (Å²) >= 11 is 5.89. The third kappa shape index (κ3) is 1.64. The number of anilines is 2. The van der Waals surface area contributed by atoms with Gasteiger partial charge in [0.05, 0.1) is 11.4 Å². The highest BCUT2D eigenvalue weighted by Crippen LogP contribution is 2.28. The van der Waals surface area contributed by atoms with Crippen LogP contribution in [0.5, 0.6) is 0 Å². The fraction of sp³-hybridized carbons (Fsp3) is 0.333. The van der Waals surface area contributed by atoms with Crippen LogP contribution in [0.15, 0.2) is 12.1 Å². The second-order valence-corrected chi connectivity index (χ2v) is 3.46. The Morgan fingerprint density at radius 1 is 1.33 bits per heavy atom. The lowest BCUT2D eigenvalue weighted by atomic mass is 10.2. The Kier molecular flexibility index (Phi) is 2.48. The smallest absolute Gasteiger partial charge is 0.0598 e. The van der Waals surface area contributed by atoms with E-state index in [1.54, 1.807) is 6.07 Å². The molecule has 12 heavy (non-hydrogen) atoms. The van der Waals surface area contributed by atoms with Crippen molar-refractivity contribution in [2.75, 3.05) is 24.7 Å². The van der Waals surface area contributed by atoms with Crippen molar-refractivity contribution >= 4 is 23.0 Å². The minimum absolute atomic E-state index is 0.718. The van der Waals surface area contributed by atoms with E-state index in [0.29, 0.717) is 0 Å². The Bertz CT molecular complexity index is 295. The molecule has 0 saturated heterocycles. The summed E-state index contributed by atoms with van der Waals surface area (Å²) in [6, 6.07) is 3.77. The molecule has 66 valence electrons. The quantitative estimate of drug-likeness (QED) is 0.679. The average molecular weight is 185 g/mol. The van der Waals surface area contributed by atoms with Crippen molar-refractivity contribution in [3.8, 4) is 0 Å².